The predicted molar refractivity (Wildman–Crippen MR) is 112 cm³/mol. The summed E-state index contributed by atoms with van der Waals surface area (Å²) < 4.78 is 14.5. The molecule has 2 aliphatic rings. The number of benzene rings is 1. The van der Waals surface area contributed by atoms with Gasteiger partial charge in [-0.2, -0.15) is 0 Å². The van der Waals surface area contributed by atoms with Crippen LogP contribution in [0.25, 0.3) is 11.1 Å². The molecule has 1 fully saturated rings. The average molecular weight is 426 g/mol. The van der Waals surface area contributed by atoms with E-state index in [1.807, 2.05) is 0 Å². The highest BCUT2D eigenvalue weighted by atomic mass is 35.5. The Morgan fingerprint density at radius 1 is 1.17 bits per heavy atom. The van der Waals surface area contributed by atoms with Crippen LogP contribution in [0, 0.1) is 5.82 Å². The Kier molecular flexibility index (Phi) is 4.14. The van der Waals surface area contributed by atoms with E-state index >= 15 is 0 Å². The Bertz CT molecular complexity index is 1270. The average Bonchev–Trinajstić information content (AvgIpc) is 3.33. The topological polar surface area (TPSA) is 99.8 Å². The molecule has 0 atom stereocenters. The second-order valence-corrected chi connectivity index (χ2v) is 8.32. The van der Waals surface area contributed by atoms with Crippen molar-refractivity contribution in [2.45, 2.75) is 31.6 Å². The van der Waals surface area contributed by atoms with Crippen LogP contribution in [0.1, 0.15) is 31.0 Å². The van der Waals surface area contributed by atoms with Crippen molar-refractivity contribution < 1.29 is 9.18 Å². The number of amides is 1. The van der Waals surface area contributed by atoms with E-state index < -0.39 is 11.4 Å². The lowest BCUT2D eigenvalue weighted by atomic mass is 9.99. The zero-order valence-electron chi connectivity index (χ0n) is 16.0. The van der Waals surface area contributed by atoms with E-state index in [1.54, 1.807) is 6.07 Å². The number of nitrogens with one attached hydrogen (secondary N) is 3. The van der Waals surface area contributed by atoms with Crippen LogP contribution < -0.4 is 16.2 Å². The molecule has 9 heteroatoms. The van der Waals surface area contributed by atoms with Crippen molar-refractivity contribution in [2.75, 3.05) is 10.6 Å². The summed E-state index contributed by atoms with van der Waals surface area (Å²) in [4.78, 5) is 35.9. The molecule has 5 rings (SSSR count). The molecule has 0 radical (unpaired) electrons. The lowest BCUT2D eigenvalue weighted by Crippen LogP contribution is -2.19. The van der Waals surface area contributed by atoms with Gasteiger partial charge in [-0.05, 0) is 37.1 Å². The minimum Gasteiger partial charge on any atom is -0.338 e. The van der Waals surface area contributed by atoms with Crippen LogP contribution in [0.3, 0.4) is 0 Å². The first-order valence-electron chi connectivity index (χ1n) is 9.48. The van der Waals surface area contributed by atoms with Crippen LogP contribution in [0.15, 0.2) is 35.4 Å². The van der Waals surface area contributed by atoms with Gasteiger partial charge in [0.2, 0.25) is 5.91 Å². The number of pyridine rings is 1. The van der Waals surface area contributed by atoms with Gasteiger partial charge in [0.15, 0.2) is 0 Å². The maximum absolute atomic E-state index is 14.5. The second kappa shape index (κ2) is 6.63. The van der Waals surface area contributed by atoms with E-state index in [0.29, 0.717) is 27.9 Å². The molecule has 0 unspecified atom stereocenters. The first-order valence-corrected chi connectivity index (χ1v) is 9.86. The number of hydrogen-bond acceptors (Lipinski definition) is 5. The molecule has 0 saturated heterocycles. The summed E-state index contributed by atoms with van der Waals surface area (Å²) in [5.74, 6) is 0.223. The quantitative estimate of drug-likeness (QED) is 0.588. The van der Waals surface area contributed by atoms with E-state index in [4.69, 9.17) is 11.6 Å². The van der Waals surface area contributed by atoms with Crippen molar-refractivity contribution in [2.24, 2.45) is 0 Å². The molecule has 152 valence electrons. The number of halogens is 2. The zero-order chi connectivity index (χ0) is 21.0. The highest BCUT2D eigenvalue weighted by Crippen LogP contribution is 2.49. The Balaban J connectivity index is 1.66. The minimum atomic E-state index is -0.543. The molecule has 3 N–H and O–H groups in total. The number of anilines is 3. The van der Waals surface area contributed by atoms with Gasteiger partial charge >= 0.3 is 0 Å². The van der Waals surface area contributed by atoms with Crippen LogP contribution in [0.2, 0.25) is 5.02 Å². The van der Waals surface area contributed by atoms with Gasteiger partial charge in [-0.25, -0.2) is 14.4 Å². The molecule has 0 spiro atoms. The lowest BCUT2D eigenvalue weighted by molar-refractivity contribution is -0.115. The monoisotopic (exact) mass is 425 g/mol. The maximum atomic E-state index is 14.5. The standard InChI is InChI=1S/C21H17ClFN5O2/c1-21(4-5-21)17-15(26-18-13-8-16(29)27-19(13)25-9-24-18)7-12(20(30)28-17)11-6-10(22)2-3-14(11)23/h2-3,6-7,9H,4-5,8H2,1H3,(H,28,30)(H2,24,25,26,27,29). The molecule has 1 aliphatic carbocycles. The maximum Gasteiger partial charge on any atom is 0.256 e. The van der Waals surface area contributed by atoms with Crippen molar-refractivity contribution >= 4 is 34.8 Å². The summed E-state index contributed by atoms with van der Waals surface area (Å²) in [6.07, 6.45) is 3.35. The van der Waals surface area contributed by atoms with Crippen LogP contribution in [0.4, 0.5) is 21.7 Å². The number of aromatic nitrogens is 3. The number of nitrogens with zero attached hydrogens (tertiary/aromatic N) is 2. The molecule has 1 aromatic carbocycles. The minimum absolute atomic E-state index is 0.115. The summed E-state index contributed by atoms with van der Waals surface area (Å²) in [6.45, 7) is 2.05. The van der Waals surface area contributed by atoms with Gasteiger partial charge < -0.3 is 15.6 Å². The summed E-state index contributed by atoms with van der Waals surface area (Å²) in [5.41, 5.74) is 1.67. The Hall–Kier alpha value is -3.26. The molecule has 3 aromatic rings. The number of carbonyl (C=O) groups excluding carboxylic acids is 1. The van der Waals surface area contributed by atoms with Gasteiger partial charge in [-0.15, -0.1) is 0 Å². The highest BCUT2D eigenvalue weighted by Gasteiger charge is 2.42. The van der Waals surface area contributed by atoms with Crippen molar-refractivity contribution in [3.05, 3.63) is 63.0 Å². The van der Waals surface area contributed by atoms with E-state index in [1.165, 1.54) is 24.5 Å². The summed E-state index contributed by atoms with van der Waals surface area (Å²) in [5, 5.41) is 6.26. The first kappa shape index (κ1) is 18.7. The molecule has 1 saturated carbocycles. The van der Waals surface area contributed by atoms with Gasteiger partial charge in [0, 0.05) is 27.3 Å². The van der Waals surface area contributed by atoms with Crippen molar-refractivity contribution in [3.8, 4) is 11.1 Å². The Morgan fingerprint density at radius 3 is 2.73 bits per heavy atom. The number of carbonyl (C=O) groups is 1. The van der Waals surface area contributed by atoms with Crippen LogP contribution in [0.5, 0.6) is 0 Å². The van der Waals surface area contributed by atoms with Crippen LogP contribution in [-0.4, -0.2) is 20.9 Å². The third-order valence-electron chi connectivity index (χ3n) is 5.66. The largest absolute Gasteiger partial charge is 0.338 e. The molecular weight excluding hydrogens is 409 g/mol. The normalized spacial score (nSPS) is 16.2. The zero-order valence-corrected chi connectivity index (χ0v) is 16.7. The van der Waals surface area contributed by atoms with Crippen molar-refractivity contribution in [1.82, 2.24) is 15.0 Å². The fourth-order valence-corrected chi connectivity index (χ4v) is 3.88. The van der Waals surface area contributed by atoms with Crippen molar-refractivity contribution in [3.63, 3.8) is 0 Å². The van der Waals surface area contributed by atoms with Crippen molar-refractivity contribution in [1.29, 1.82) is 0 Å². The lowest BCUT2D eigenvalue weighted by Gasteiger charge is -2.18. The molecule has 1 amide bonds. The molecule has 3 heterocycles. The number of hydrogen-bond donors (Lipinski definition) is 3. The Labute approximate surface area is 175 Å². The summed E-state index contributed by atoms with van der Waals surface area (Å²) >= 11 is 6.03. The van der Waals surface area contributed by atoms with Crippen LogP contribution >= 0.6 is 11.6 Å². The highest BCUT2D eigenvalue weighted by molar-refractivity contribution is 6.30. The van der Waals surface area contributed by atoms with Gasteiger partial charge in [0.1, 0.15) is 23.8 Å². The SMILES string of the molecule is CC1(c2[nH]c(=O)c(-c3cc(Cl)ccc3F)cc2Nc2ncnc3c2CC(=O)N3)CC1. The van der Waals surface area contributed by atoms with Gasteiger partial charge in [0.05, 0.1) is 17.7 Å². The molecule has 7 nitrogen and oxygen atoms in total. The number of rotatable bonds is 4. The molecule has 1 aliphatic heterocycles. The van der Waals surface area contributed by atoms with E-state index in [9.17, 15) is 14.0 Å². The van der Waals surface area contributed by atoms with Gasteiger partial charge in [-0.1, -0.05) is 18.5 Å². The third-order valence-corrected chi connectivity index (χ3v) is 5.89. The fraction of sp³-hybridized carbons (Fsp3) is 0.238. The fourth-order valence-electron chi connectivity index (χ4n) is 3.71. The van der Waals surface area contributed by atoms with E-state index in [-0.39, 0.29) is 28.9 Å². The summed E-state index contributed by atoms with van der Waals surface area (Å²) in [7, 11) is 0. The molecule has 0 bridgehead atoms. The number of aromatic amines is 1. The Morgan fingerprint density at radius 2 is 1.97 bits per heavy atom. The second-order valence-electron chi connectivity index (χ2n) is 7.89. The van der Waals surface area contributed by atoms with Gasteiger partial charge in [-0.3, -0.25) is 9.59 Å². The molecular formula is C21H17ClFN5O2. The van der Waals surface area contributed by atoms with Crippen LogP contribution in [-0.2, 0) is 16.6 Å². The number of H-pyrrole nitrogens is 1. The first-order chi connectivity index (χ1) is 14.3. The predicted octanol–water partition coefficient (Wildman–Crippen LogP) is 3.91. The third kappa shape index (κ3) is 3.13. The molecule has 2 aromatic heterocycles. The number of fused-ring (bicyclic) bond motifs is 1. The molecule has 30 heavy (non-hydrogen) atoms. The summed E-state index contributed by atoms with van der Waals surface area (Å²) in [6, 6.07) is 5.70. The smallest absolute Gasteiger partial charge is 0.256 e. The van der Waals surface area contributed by atoms with E-state index in [2.05, 4.69) is 32.5 Å². The van der Waals surface area contributed by atoms with E-state index in [0.717, 1.165) is 18.5 Å². The van der Waals surface area contributed by atoms with Gasteiger partial charge in [0.25, 0.3) is 5.56 Å².